The predicted octanol–water partition coefficient (Wildman–Crippen LogP) is 2.21. The van der Waals surface area contributed by atoms with Crippen LogP contribution in [-0.4, -0.2) is 36.6 Å². The fraction of sp³-hybridized carbons (Fsp3) is 0.562. The number of hydrogen-bond donors (Lipinski definition) is 1. The van der Waals surface area contributed by atoms with Crippen molar-refractivity contribution >= 4 is 5.91 Å². The Morgan fingerprint density at radius 3 is 2.68 bits per heavy atom. The summed E-state index contributed by atoms with van der Waals surface area (Å²) >= 11 is 0. The molecule has 1 atom stereocenters. The van der Waals surface area contributed by atoms with Gasteiger partial charge in [-0.1, -0.05) is 18.9 Å². The van der Waals surface area contributed by atoms with Crippen LogP contribution in [0, 0.1) is 11.6 Å². The largest absolute Gasteiger partial charge is 0.383 e. The van der Waals surface area contributed by atoms with E-state index in [9.17, 15) is 13.6 Å². The number of amides is 1. The van der Waals surface area contributed by atoms with Gasteiger partial charge in [-0.15, -0.1) is 0 Å². The Kier molecular flexibility index (Phi) is 5.85. The first kappa shape index (κ1) is 16.8. The first-order chi connectivity index (χ1) is 10.5. The van der Waals surface area contributed by atoms with E-state index in [4.69, 9.17) is 10.5 Å². The van der Waals surface area contributed by atoms with Crippen molar-refractivity contribution in [2.45, 2.75) is 44.3 Å². The molecule has 1 aliphatic carbocycles. The van der Waals surface area contributed by atoms with Crippen LogP contribution in [0.25, 0.3) is 0 Å². The van der Waals surface area contributed by atoms with Crippen LogP contribution in [-0.2, 0) is 16.1 Å². The van der Waals surface area contributed by atoms with Gasteiger partial charge >= 0.3 is 0 Å². The standard InChI is InChI=1S/C16H22F2N2O2/c1-22-10-15(19)16(21)20(13-4-2-3-5-13)9-11-6-7-12(17)8-14(11)18/h6-8,13,15H,2-5,9-10,19H2,1H3. The zero-order chi connectivity index (χ0) is 16.1. The van der Waals surface area contributed by atoms with Gasteiger partial charge in [0.1, 0.15) is 17.7 Å². The van der Waals surface area contributed by atoms with Gasteiger partial charge < -0.3 is 15.4 Å². The lowest BCUT2D eigenvalue weighted by Crippen LogP contribution is -2.49. The Morgan fingerprint density at radius 1 is 1.41 bits per heavy atom. The van der Waals surface area contributed by atoms with Crippen LogP contribution in [0.15, 0.2) is 18.2 Å². The summed E-state index contributed by atoms with van der Waals surface area (Å²) in [5.74, 6) is -1.52. The minimum absolute atomic E-state index is 0.0554. The molecule has 1 fully saturated rings. The third-order valence-corrected chi connectivity index (χ3v) is 4.07. The summed E-state index contributed by atoms with van der Waals surface area (Å²) in [6.07, 6.45) is 3.85. The highest BCUT2D eigenvalue weighted by atomic mass is 19.1. The number of halogens is 2. The molecule has 0 heterocycles. The number of carbonyl (C=O) groups is 1. The van der Waals surface area contributed by atoms with Crippen LogP contribution in [0.1, 0.15) is 31.2 Å². The molecule has 1 aromatic rings. The highest BCUT2D eigenvalue weighted by molar-refractivity contribution is 5.82. The molecular weight excluding hydrogens is 290 g/mol. The van der Waals surface area contributed by atoms with Gasteiger partial charge in [-0.05, 0) is 18.9 Å². The zero-order valence-corrected chi connectivity index (χ0v) is 12.7. The molecule has 2 N–H and O–H groups in total. The highest BCUT2D eigenvalue weighted by Crippen LogP contribution is 2.26. The Labute approximate surface area is 129 Å². The number of rotatable bonds is 6. The van der Waals surface area contributed by atoms with Gasteiger partial charge in [0, 0.05) is 31.3 Å². The summed E-state index contributed by atoms with van der Waals surface area (Å²) in [6, 6.07) is 2.70. The van der Waals surface area contributed by atoms with Gasteiger partial charge in [0.05, 0.1) is 6.61 Å². The number of nitrogens with two attached hydrogens (primary N) is 1. The zero-order valence-electron chi connectivity index (χ0n) is 12.7. The minimum atomic E-state index is -0.769. The van der Waals surface area contributed by atoms with Gasteiger partial charge in [0.25, 0.3) is 0 Å². The summed E-state index contributed by atoms with van der Waals surface area (Å²) < 4.78 is 31.8. The molecule has 0 bridgehead atoms. The van der Waals surface area contributed by atoms with Crippen molar-refractivity contribution in [3.05, 3.63) is 35.4 Å². The topological polar surface area (TPSA) is 55.6 Å². The molecule has 1 aliphatic rings. The van der Waals surface area contributed by atoms with Crippen molar-refractivity contribution in [1.82, 2.24) is 4.90 Å². The fourth-order valence-corrected chi connectivity index (χ4v) is 2.90. The molecule has 1 unspecified atom stereocenters. The minimum Gasteiger partial charge on any atom is -0.383 e. The van der Waals surface area contributed by atoms with Crippen molar-refractivity contribution in [1.29, 1.82) is 0 Å². The lowest BCUT2D eigenvalue weighted by molar-refractivity contribution is -0.136. The highest BCUT2D eigenvalue weighted by Gasteiger charge is 2.30. The van der Waals surface area contributed by atoms with Crippen molar-refractivity contribution in [3.8, 4) is 0 Å². The number of nitrogens with zero attached hydrogens (tertiary/aromatic N) is 1. The van der Waals surface area contributed by atoms with Gasteiger partial charge in [-0.25, -0.2) is 8.78 Å². The Hall–Kier alpha value is -1.53. The van der Waals surface area contributed by atoms with Crippen molar-refractivity contribution in [2.75, 3.05) is 13.7 Å². The number of benzene rings is 1. The lowest BCUT2D eigenvalue weighted by Gasteiger charge is -2.31. The average molecular weight is 312 g/mol. The van der Waals surface area contributed by atoms with Gasteiger partial charge in [0.2, 0.25) is 5.91 Å². The van der Waals surface area contributed by atoms with Crippen LogP contribution >= 0.6 is 0 Å². The van der Waals surface area contributed by atoms with Crippen LogP contribution in [0.4, 0.5) is 8.78 Å². The van der Waals surface area contributed by atoms with Gasteiger partial charge in [-0.3, -0.25) is 4.79 Å². The first-order valence-corrected chi connectivity index (χ1v) is 7.52. The normalized spacial score (nSPS) is 16.7. The summed E-state index contributed by atoms with van der Waals surface area (Å²) in [5.41, 5.74) is 6.14. The van der Waals surface area contributed by atoms with E-state index in [-0.39, 0.29) is 25.1 Å². The number of hydrogen-bond acceptors (Lipinski definition) is 3. The Bertz CT molecular complexity index is 519. The molecule has 0 saturated heterocycles. The lowest BCUT2D eigenvalue weighted by atomic mass is 10.1. The van der Waals surface area contributed by atoms with Crippen LogP contribution in [0.5, 0.6) is 0 Å². The molecular formula is C16H22F2N2O2. The van der Waals surface area contributed by atoms with E-state index in [1.54, 1.807) is 4.90 Å². The molecule has 0 spiro atoms. The predicted molar refractivity (Wildman–Crippen MR) is 79.0 cm³/mol. The molecule has 1 aromatic carbocycles. The van der Waals surface area contributed by atoms with Crippen LogP contribution in [0.3, 0.4) is 0 Å². The van der Waals surface area contributed by atoms with E-state index in [2.05, 4.69) is 0 Å². The molecule has 122 valence electrons. The summed E-state index contributed by atoms with van der Waals surface area (Å²) in [4.78, 5) is 14.1. The van der Waals surface area contributed by atoms with Gasteiger partial charge in [-0.2, -0.15) is 0 Å². The summed E-state index contributed by atoms with van der Waals surface area (Å²) in [7, 11) is 1.48. The number of ether oxygens (including phenoxy) is 1. The van der Waals surface area contributed by atoms with Crippen molar-refractivity contribution < 1.29 is 18.3 Å². The first-order valence-electron chi connectivity index (χ1n) is 7.52. The molecule has 0 radical (unpaired) electrons. The summed E-state index contributed by atoms with van der Waals surface area (Å²) in [6.45, 7) is 0.223. The van der Waals surface area contributed by atoms with Gasteiger partial charge in [0.15, 0.2) is 0 Å². The number of carbonyl (C=O) groups excluding carboxylic acids is 1. The van der Waals surface area contributed by atoms with E-state index in [1.807, 2.05) is 0 Å². The third-order valence-electron chi connectivity index (χ3n) is 4.07. The fourth-order valence-electron chi connectivity index (χ4n) is 2.90. The monoisotopic (exact) mass is 312 g/mol. The molecule has 6 heteroatoms. The molecule has 2 rings (SSSR count). The maximum atomic E-state index is 13.9. The molecule has 0 aliphatic heterocycles. The molecule has 1 saturated carbocycles. The Balaban J connectivity index is 2.18. The molecule has 1 amide bonds. The maximum absolute atomic E-state index is 13.9. The van der Waals surface area contributed by atoms with Crippen LogP contribution < -0.4 is 5.73 Å². The second-order valence-corrected chi connectivity index (χ2v) is 5.70. The van der Waals surface area contributed by atoms with E-state index < -0.39 is 17.7 Å². The van der Waals surface area contributed by atoms with E-state index in [1.165, 1.54) is 19.2 Å². The third kappa shape index (κ3) is 4.01. The second kappa shape index (κ2) is 7.65. The Morgan fingerprint density at radius 2 is 2.09 bits per heavy atom. The average Bonchev–Trinajstić information content (AvgIpc) is 3.00. The van der Waals surface area contributed by atoms with E-state index >= 15 is 0 Å². The molecule has 4 nitrogen and oxygen atoms in total. The van der Waals surface area contributed by atoms with Crippen molar-refractivity contribution in [3.63, 3.8) is 0 Å². The van der Waals surface area contributed by atoms with Crippen molar-refractivity contribution in [2.24, 2.45) is 5.73 Å². The molecule has 0 aromatic heterocycles. The number of methoxy groups -OCH3 is 1. The van der Waals surface area contributed by atoms with E-state index in [0.29, 0.717) is 5.56 Å². The SMILES string of the molecule is COCC(N)C(=O)N(Cc1ccc(F)cc1F)C1CCCC1. The second-order valence-electron chi connectivity index (χ2n) is 5.70. The molecule has 22 heavy (non-hydrogen) atoms. The van der Waals surface area contributed by atoms with Crippen LogP contribution in [0.2, 0.25) is 0 Å². The quantitative estimate of drug-likeness (QED) is 0.876. The smallest absolute Gasteiger partial charge is 0.242 e. The maximum Gasteiger partial charge on any atom is 0.242 e. The summed E-state index contributed by atoms with van der Waals surface area (Å²) in [5, 5.41) is 0. The van der Waals surface area contributed by atoms with E-state index in [0.717, 1.165) is 31.7 Å².